The van der Waals surface area contributed by atoms with Gasteiger partial charge in [0.2, 0.25) is 10.0 Å². The number of nitro groups is 1. The summed E-state index contributed by atoms with van der Waals surface area (Å²) in [6.45, 7) is 4.03. The van der Waals surface area contributed by atoms with Crippen molar-refractivity contribution >= 4 is 15.7 Å². The van der Waals surface area contributed by atoms with Gasteiger partial charge in [-0.1, -0.05) is 0 Å². The van der Waals surface area contributed by atoms with Crippen LogP contribution < -0.4 is 10.0 Å². The van der Waals surface area contributed by atoms with Crippen LogP contribution in [0.15, 0.2) is 23.1 Å². The first-order valence-electron chi connectivity index (χ1n) is 6.37. The van der Waals surface area contributed by atoms with E-state index in [1.54, 1.807) is 6.92 Å². The fourth-order valence-electron chi connectivity index (χ4n) is 1.71. The molecule has 0 aromatic heterocycles. The van der Waals surface area contributed by atoms with Crippen LogP contribution in [0.1, 0.15) is 12.5 Å². The van der Waals surface area contributed by atoms with Gasteiger partial charge < -0.3 is 10.4 Å². The van der Waals surface area contributed by atoms with E-state index >= 15 is 0 Å². The zero-order valence-corrected chi connectivity index (χ0v) is 12.7. The lowest BCUT2D eigenvalue weighted by Crippen LogP contribution is -2.34. The minimum absolute atomic E-state index is 0.0172. The molecule has 0 fully saturated rings. The topological polar surface area (TPSA) is 122 Å². The number of nitrogens with one attached hydrogen (secondary N) is 2. The van der Waals surface area contributed by atoms with E-state index in [9.17, 15) is 18.5 Å². The summed E-state index contributed by atoms with van der Waals surface area (Å²) in [6, 6.07) is 3.60. The van der Waals surface area contributed by atoms with Crippen LogP contribution in [0.5, 0.6) is 0 Å². The summed E-state index contributed by atoms with van der Waals surface area (Å²) in [5, 5.41) is 22.5. The van der Waals surface area contributed by atoms with Crippen LogP contribution in [-0.2, 0) is 10.0 Å². The number of benzene rings is 1. The molecule has 0 saturated carbocycles. The predicted octanol–water partition coefficient (Wildman–Crippen LogP) is 0.152. The maximum Gasteiger partial charge on any atom is 0.269 e. The molecule has 0 aliphatic rings. The van der Waals surface area contributed by atoms with Crippen LogP contribution in [0.25, 0.3) is 0 Å². The minimum Gasteiger partial charge on any atom is -0.392 e. The zero-order valence-electron chi connectivity index (χ0n) is 11.9. The van der Waals surface area contributed by atoms with Gasteiger partial charge in [-0.05, 0) is 25.5 Å². The summed E-state index contributed by atoms with van der Waals surface area (Å²) in [5.41, 5.74) is 0.165. The Morgan fingerprint density at radius 3 is 2.57 bits per heavy atom. The molecule has 1 atom stereocenters. The summed E-state index contributed by atoms with van der Waals surface area (Å²) in [6.07, 6.45) is -0.501. The first-order chi connectivity index (χ1) is 9.74. The third kappa shape index (κ3) is 5.38. The molecular weight excluding hydrogens is 298 g/mol. The maximum absolute atomic E-state index is 12.1. The molecule has 0 aliphatic carbocycles. The van der Waals surface area contributed by atoms with Crippen molar-refractivity contribution in [2.24, 2.45) is 0 Å². The van der Waals surface area contributed by atoms with E-state index in [0.717, 1.165) is 6.07 Å². The molecule has 0 aliphatic heterocycles. The van der Waals surface area contributed by atoms with Crippen LogP contribution in [0.4, 0.5) is 5.69 Å². The molecule has 1 rings (SSSR count). The van der Waals surface area contributed by atoms with Gasteiger partial charge in [-0.3, -0.25) is 10.1 Å². The number of aliphatic hydroxyl groups excluding tert-OH is 1. The lowest BCUT2D eigenvalue weighted by molar-refractivity contribution is -0.385. The molecule has 0 bridgehead atoms. The number of nitrogens with zero attached hydrogens (tertiary/aromatic N) is 1. The first-order valence-corrected chi connectivity index (χ1v) is 7.86. The second kappa shape index (κ2) is 7.46. The Balaban J connectivity index is 2.68. The third-order valence-electron chi connectivity index (χ3n) is 2.69. The highest BCUT2D eigenvalue weighted by Gasteiger charge is 2.18. The van der Waals surface area contributed by atoms with E-state index in [1.807, 2.05) is 0 Å². The van der Waals surface area contributed by atoms with Crippen molar-refractivity contribution in [1.29, 1.82) is 0 Å². The van der Waals surface area contributed by atoms with Crippen molar-refractivity contribution in [3.63, 3.8) is 0 Å². The lowest BCUT2D eigenvalue weighted by atomic mass is 10.2. The lowest BCUT2D eigenvalue weighted by Gasteiger charge is -2.10. The van der Waals surface area contributed by atoms with Crippen LogP contribution >= 0.6 is 0 Å². The van der Waals surface area contributed by atoms with Gasteiger partial charge in [0.05, 0.1) is 15.9 Å². The van der Waals surface area contributed by atoms with E-state index in [1.165, 1.54) is 19.1 Å². The Morgan fingerprint density at radius 2 is 2.05 bits per heavy atom. The highest BCUT2D eigenvalue weighted by Crippen LogP contribution is 2.20. The smallest absolute Gasteiger partial charge is 0.269 e. The van der Waals surface area contributed by atoms with E-state index < -0.39 is 21.1 Å². The Hall–Kier alpha value is -1.55. The number of hydrogen-bond acceptors (Lipinski definition) is 6. The average molecular weight is 317 g/mol. The van der Waals surface area contributed by atoms with Gasteiger partial charge in [0.15, 0.2) is 0 Å². The average Bonchev–Trinajstić information content (AvgIpc) is 2.37. The van der Waals surface area contributed by atoms with Crippen LogP contribution in [0, 0.1) is 17.0 Å². The molecular formula is C12H19N3O5S. The monoisotopic (exact) mass is 317 g/mol. The van der Waals surface area contributed by atoms with Gasteiger partial charge >= 0.3 is 0 Å². The summed E-state index contributed by atoms with van der Waals surface area (Å²) < 4.78 is 26.5. The normalized spacial score (nSPS) is 13.1. The van der Waals surface area contributed by atoms with Gasteiger partial charge in [0.1, 0.15) is 0 Å². The molecule has 0 amide bonds. The van der Waals surface area contributed by atoms with Gasteiger partial charge in [-0.25, -0.2) is 13.1 Å². The second-order valence-electron chi connectivity index (χ2n) is 4.66. The number of hydrogen-bond donors (Lipinski definition) is 3. The maximum atomic E-state index is 12.1. The minimum atomic E-state index is -3.71. The second-order valence-corrected chi connectivity index (χ2v) is 6.39. The number of aliphatic hydroxyl groups is 1. The number of non-ortho nitro benzene ring substituents is 1. The van der Waals surface area contributed by atoms with Crippen molar-refractivity contribution < 1.29 is 18.4 Å². The molecule has 9 heteroatoms. The standard InChI is InChI=1S/C12H19N3O5S/c1-9-7-11(15(17)18)3-4-12(9)21(19,20)14-6-5-13-8-10(2)16/h3-4,7,10,13-14,16H,5-6,8H2,1-2H3. The van der Waals surface area contributed by atoms with Crippen LogP contribution in [-0.4, -0.2) is 44.2 Å². The fraction of sp³-hybridized carbons (Fsp3) is 0.500. The molecule has 3 N–H and O–H groups in total. The van der Waals surface area contributed by atoms with E-state index in [0.29, 0.717) is 18.7 Å². The Bertz CT molecular complexity index is 601. The van der Waals surface area contributed by atoms with Crippen LogP contribution in [0.3, 0.4) is 0 Å². The first kappa shape index (κ1) is 17.5. The molecule has 1 unspecified atom stereocenters. The summed E-state index contributed by atoms with van der Waals surface area (Å²) in [7, 11) is -3.71. The van der Waals surface area contributed by atoms with E-state index in [2.05, 4.69) is 10.0 Å². The van der Waals surface area contributed by atoms with Crippen molar-refractivity contribution in [3.05, 3.63) is 33.9 Å². The Kier molecular flexibility index (Phi) is 6.21. The van der Waals surface area contributed by atoms with Gasteiger partial charge in [0, 0.05) is 31.8 Å². The Labute approximate surface area is 123 Å². The van der Waals surface area contributed by atoms with Gasteiger partial charge in [0.25, 0.3) is 5.69 Å². The molecule has 0 radical (unpaired) electrons. The third-order valence-corrected chi connectivity index (χ3v) is 4.31. The van der Waals surface area contributed by atoms with E-state index in [4.69, 9.17) is 5.11 Å². The summed E-state index contributed by atoms with van der Waals surface area (Å²) >= 11 is 0. The number of sulfonamides is 1. The van der Waals surface area contributed by atoms with Crippen molar-refractivity contribution in [2.75, 3.05) is 19.6 Å². The molecule has 118 valence electrons. The summed E-state index contributed by atoms with van der Waals surface area (Å²) in [4.78, 5) is 10.1. The summed E-state index contributed by atoms with van der Waals surface area (Å²) in [5.74, 6) is 0. The quantitative estimate of drug-likeness (QED) is 0.356. The van der Waals surface area contributed by atoms with Gasteiger partial charge in [-0.2, -0.15) is 0 Å². The van der Waals surface area contributed by atoms with Crippen molar-refractivity contribution in [2.45, 2.75) is 24.8 Å². The number of nitro benzene ring substituents is 1. The molecule has 0 saturated heterocycles. The van der Waals surface area contributed by atoms with Crippen molar-refractivity contribution in [1.82, 2.24) is 10.0 Å². The number of aryl methyl sites for hydroxylation is 1. The zero-order chi connectivity index (χ0) is 16.0. The molecule has 21 heavy (non-hydrogen) atoms. The molecule has 1 aromatic carbocycles. The largest absolute Gasteiger partial charge is 0.392 e. The molecule has 0 heterocycles. The number of rotatable bonds is 8. The Morgan fingerprint density at radius 1 is 1.38 bits per heavy atom. The van der Waals surface area contributed by atoms with E-state index in [-0.39, 0.29) is 17.1 Å². The molecule has 8 nitrogen and oxygen atoms in total. The molecule has 1 aromatic rings. The van der Waals surface area contributed by atoms with Crippen LogP contribution in [0.2, 0.25) is 0 Å². The predicted molar refractivity (Wildman–Crippen MR) is 77.6 cm³/mol. The fourth-order valence-corrected chi connectivity index (χ4v) is 2.97. The van der Waals surface area contributed by atoms with Gasteiger partial charge in [-0.15, -0.1) is 0 Å². The van der Waals surface area contributed by atoms with Crippen molar-refractivity contribution in [3.8, 4) is 0 Å². The highest BCUT2D eigenvalue weighted by atomic mass is 32.2. The molecule has 0 spiro atoms. The highest BCUT2D eigenvalue weighted by molar-refractivity contribution is 7.89. The SMILES string of the molecule is Cc1cc([N+](=O)[O-])ccc1S(=O)(=O)NCCNCC(C)O.